The van der Waals surface area contributed by atoms with Gasteiger partial charge in [-0.25, -0.2) is 9.97 Å². The highest BCUT2D eigenvalue weighted by atomic mass is 15.2. The number of aromatic nitrogens is 2. The lowest BCUT2D eigenvalue weighted by molar-refractivity contribution is 0.548. The molecule has 0 aromatic carbocycles. The largest absolute Gasteiger partial charge is 0.353 e. The lowest BCUT2D eigenvalue weighted by Gasteiger charge is -2.30. The highest BCUT2D eigenvalue weighted by molar-refractivity contribution is 5.38. The van der Waals surface area contributed by atoms with Crippen molar-refractivity contribution < 1.29 is 0 Å². The molecule has 1 aromatic rings. The van der Waals surface area contributed by atoms with Gasteiger partial charge in [0.25, 0.3) is 0 Å². The van der Waals surface area contributed by atoms with Crippen LogP contribution in [0.2, 0.25) is 0 Å². The fourth-order valence-electron chi connectivity index (χ4n) is 2.32. The van der Waals surface area contributed by atoms with Crippen molar-refractivity contribution in [1.82, 2.24) is 15.3 Å². The van der Waals surface area contributed by atoms with Crippen LogP contribution < -0.4 is 10.2 Å². The van der Waals surface area contributed by atoms with E-state index in [1.807, 2.05) is 19.2 Å². The summed E-state index contributed by atoms with van der Waals surface area (Å²) in [6, 6.07) is 3.07. The summed E-state index contributed by atoms with van der Waals surface area (Å²) in [6.07, 6.45) is 4.40. The van der Waals surface area contributed by atoms with E-state index >= 15 is 0 Å². The molecule has 0 radical (unpaired) electrons. The molecule has 1 aliphatic heterocycles. The first-order valence-corrected chi connectivity index (χ1v) is 6.46. The molecule has 1 fully saturated rings. The molecule has 1 unspecified atom stereocenters. The summed E-state index contributed by atoms with van der Waals surface area (Å²) in [5, 5.41) is 3.54. The minimum atomic E-state index is 0.465. The van der Waals surface area contributed by atoms with Crippen molar-refractivity contribution in [2.75, 3.05) is 18.0 Å². The number of anilines is 1. The van der Waals surface area contributed by atoms with Crippen LogP contribution in [0.1, 0.15) is 32.5 Å². The number of rotatable bonds is 4. The van der Waals surface area contributed by atoms with Crippen LogP contribution in [0.25, 0.3) is 0 Å². The monoisotopic (exact) mass is 234 g/mol. The van der Waals surface area contributed by atoms with Gasteiger partial charge >= 0.3 is 0 Å². The standard InChI is InChI=1S/C13H22N4/c1-10(2)17(9-12-5-4-7-15-12)13-6-8-14-11(3)16-13/h6,8,10,12,15H,4-5,7,9H2,1-3H3. The third kappa shape index (κ3) is 3.16. The van der Waals surface area contributed by atoms with Crippen molar-refractivity contribution in [3.8, 4) is 0 Å². The molecule has 1 N–H and O–H groups in total. The maximum atomic E-state index is 4.52. The molecule has 2 rings (SSSR count). The van der Waals surface area contributed by atoms with Gasteiger partial charge in [0, 0.05) is 24.8 Å². The molecule has 94 valence electrons. The first-order valence-electron chi connectivity index (χ1n) is 6.46. The van der Waals surface area contributed by atoms with Crippen LogP contribution in [0, 0.1) is 6.92 Å². The fraction of sp³-hybridized carbons (Fsp3) is 0.692. The van der Waals surface area contributed by atoms with Crippen LogP contribution >= 0.6 is 0 Å². The van der Waals surface area contributed by atoms with Gasteiger partial charge in [-0.2, -0.15) is 0 Å². The van der Waals surface area contributed by atoms with E-state index in [1.165, 1.54) is 12.8 Å². The maximum Gasteiger partial charge on any atom is 0.132 e. The van der Waals surface area contributed by atoms with Crippen molar-refractivity contribution in [2.45, 2.75) is 45.7 Å². The SMILES string of the molecule is Cc1nccc(N(CC2CCCN2)C(C)C)n1. The number of hydrogen-bond donors (Lipinski definition) is 1. The van der Waals surface area contributed by atoms with Crippen molar-refractivity contribution in [3.05, 3.63) is 18.1 Å². The third-order valence-corrected chi connectivity index (χ3v) is 3.26. The van der Waals surface area contributed by atoms with Gasteiger partial charge in [-0.05, 0) is 46.2 Å². The minimum Gasteiger partial charge on any atom is -0.353 e. The second kappa shape index (κ2) is 5.45. The number of aryl methyl sites for hydroxylation is 1. The Kier molecular flexibility index (Phi) is 3.94. The highest BCUT2D eigenvalue weighted by Gasteiger charge is 2.20. The molecule has 1 aromatic heterocycles. The molecule has 0 bridgehead atoms. The van der Waals surface area contributed by atoms with E-state index in [0.29, 0.717) is 12.1 Å². The average Bonchev–Trinajstić information content (AvgIpc) is 2.78. The van der Waals surface area contributed by atoms with E-state index in [4.69, 9.17) is 0 Å². The van der Waals surface area contributed by atoms with Gasteiger partial charge < -0.3 is 10.2 Å². The molecule has 4 heteroatoms. The molecular formula is C13H22N4. The summed E-state index contributed by atoms with van der Waals surface area (Å²) in [4.78, 5) is 11.0. The zero-order valence-electron chi connectivity index (χ0n) is 11.0. The first-order chi connectivity index (χ1) is 8.16. The molecule has 0 spiro atoms. The van der Waals surface area contributed by atoms with Crippen molar-refractivity contribution in [1.29, 1.82) is 0 Å². The predicted octanol–water partition coefficient (Wildman–Crippen LogP) is 1.75. The van der Waals surface area contributed by atoms with Gasteiger partial charge in [-0.15, -0.1) is 0 Å². The quantitative estimate of drug-likeness (QED) is 0.861. The predicted molar refractivity (Wildman–Crippen MR) is 70.3 cm³/mol. The molecule has 0 amide bonds. The number of nitrogens with one attached hydrogen (secondary N) is 1. The molecule has 0 saturated carbocycles. The minimum absolute atomic E-state index is 0.465. The maximum absolute atomic E-state index is 4.52. The zero-order valence-corrected chi connectivity index (χ0v) is 11.0. The van der Waals surface area contributed by atoms with Gasteiger partial charge in [0.1, 0.15) is 11.6 Å². The van der Waals surface area contributed by atoms with E-state index in [9.17, 15) is 0 Å². The molecule has 1 saturated heterocycles. The average molecular weight is 234 g/mol. The molecule has 1 atom stereocenters. The normalized spacial score (nSPS) is 19.9. The Morgan fingerprint density at radius 3 is 2.94 bits per heavy atom. The van der Waals surface area contributed by atoms with Crippen LogP contribution in [0.5, 0.6) is 0 Å². The van der Waals surface area contributed by atoms with Gasteiger partial charge in [-0.1, -0.05) is 0 Å². The first kappa shape index (κ1) is 12.3. The third-order valence-electron chi connectivity index (χ3n) is 3.26. The van der Waals surface area contributed by atoms with E-state index < -0.39 is 0 Å². The zero-order chi connectivity index (χ0) is 12.3. The van der Waals surface area contributed by atoms with Crippen LogP contribution in [0.3, 0.4) is 0 Å². The van der Waals surface area contributed by atoms with Gasteiger partial charge in [0.2, 0.25) is 0 Å². The summed E-state index contributed by atoms with van der Waals surface area (Å²) >= 11 is 0. The summed E-state index contributed by atoms with van der Waals surface area (Å²) in [5.41, 5.74) is 0. The van der Waals surface area contributed by atoms with E-state index in [2.05, 4.69) is 34.0 Å². The molecule has 17 heavy (non-hydrogen) atoms. The van der Waals surface area contributed by atoms with Crippen LogP contribution in [-0.2, 0) is 0 Å². The summed E-state index contributed by atoms with van der Waals surface area (Å²) in [7, 11) is 0. The number of hydrogen-bond acceptors (Lipinski definition) is 4. The summed E-state index contributed by atoms with van der Waals surface area (Å²) in [5.74, 6) is 1.88. The molecule has 2 heterocycles. The summed E-state index contributed by atoms with van der Waals surface area (Å²) in [6.45, 7) is 8.56. The Morgan fingerprint density at radius 2 is 2.35 bits per heavy atom. The topological polar surface area (TPSA) is 41.1 Å². The highest BCUT2D eigenvalue weighted by Crippen LogP contribution is 2.16. The van der Waals surface area contributed by atoms with Gasteiger partial charge in [0.15, 0.2) is 0 Å². The number of nitrogens with zero attached hydrogens (tertiary/aromatic N) is 3. The van der Waals surface area contributed by atoms with Crippen LogP contribution in [0.15, 0.2) is 12.3 Å². The molecule has 0 aliphatic carbocycles. The van der Waals surface area contributed by atoms with Gasteiger partial charge in [-0.3, -0.25) is 0 Å². The lowest BCUT2D eigenvalue weighted by atomic mass is 10.2. The Labute approximate surface area is 103 Å². The Morgan fingerprint density at radius 1 is 1.53 bits per heavy atom. The van der Waals surface area contributed by atoms with E-state index in [0.717, 1.165) is 24.7 Å². The Bertz CT molecular complexity index is 358. The Balaban J connectivity index is 2.10. The van der Waals surface area contributed by atoms with Crippen molar-refractivity contribution in [3.63, 3.8) is 0 Å². The van der Waals surface area contributed by atoms with Gasteiger partial charge in [0.05, 0.1) is 0 Å². The molecule has 4 nitrogen and oxygen atoms in total. The van der Waals surface area contributed by atoms with Crippen LogP contribution in [0.4, 0.5) is 5.82 Å². The van der Waals surface area contributed by atoms with E-state index in [1.54, 1.807) is 0 Å². The second-order valence-corrected chi connectivity index (χ2v) is 5.00. The lowest BCUT2D eigenvalue weighted by Crippen LogP contribution is -2.41. The van der Waals surface area contributed by atoms with Crippen molar-refractivity contribution >= 4 is 5.82 Å². The fourth-order valence-corrected chi connectivity index (χ4v) is 2.32. The smallest absolute Gasteiger partial charge is 0.132 e. The van der Waals surface area contributed by atoms with Crippen LogP contribution in [-0.4, -0.2) is 35.1 Å². The molecule has 1 aliphatic rings. The second-order valence-electron chi connectivity index (χ2n) is 5.00. The summed E-state index contributed by atoms with van der Waals surface area (Å²) < 4.78 is 0. The molecular weight excluding hydrogens is 212 g/mol. The van der Waals surface area contributed by atoms with E-state index in [-0.39, 0.29) is 0 Å². The van der Waals surface area contributed by atoms with Crippen molar-refractivity contribution in [2.24, 2.45) is 0 Å². The Hall–Kier alpha value is -1.16.